The number of allylic oxidation sites excluding steroid dienone is 1. The molecule has 2 aromatic rings. The van der Waals surface area contributed by atoms with Gasteiger partial charge in [0.05, 0.1) is 13.7 Å². The van der Waals surface area contributed by atoms with E-state index in [1.165, 1.54) is 13.2 Å². The fraction of sp³-hybridized carbons (Fsp3) is 0.211. The van der Waals surface area contributed by atoms with Gasteiger partial charge in [-0.3, -0.25) is 4.79 Å². The van der Waals surface area contributed by atoms with Crippen LogP contribution in [0.5, 0.6) is 17.2 Å². The van der Waals surface area contributed by atoms with Crippen molar-refractivity contribution in [2.45, 2.75) is 0 Å². The van der Waals surface area contributed by atoms with E-state index in [0.29, 0.717) is 30.3 Å². The van der Waals surface area contributed by atoms with Crippen molar-refractivity contribution < 1.29 is 24.1 Å². The van der Waals surface area contributed by atoms with Gasteiger partial charge < -0.3 is 19.3 Å². The molecule has 126 valence electrons. The molecular formula is C19H20O5. The Hall–Kier alpha value is -2.79. The minimum Gasteiger partial charge on any atom is -0.508 e. The largest absolute Gasteiger partial charge is 0.508 e. The summed E-state index contributed by atoms with van der Waals surface area (Å²) in [5.74, 6) is 1.04. The van der Waals surface area contributed by atoms with Crippen LogP contribution in [0.25, 0.3) is 6.08 Å². The first kappa shape index (κ1) is 17.6. The number of ketones is 1. The molecular weight excluding hydrogens is 308 g/mol. The Kier molecular flexibility index (Phi) is 6.40. The highest BCUT2D eigenvalue weighted by atomic mass is 16.5. The zero-order chi connectivity index (χ0) is 17.4. The van der Waals surface area contributed by atoms with E-state index in [2.05, 4.69) is 0 Å². The van der Waals surface area contributed by atoms with E-state index in [9.17, 15) is 9.90 Å². The van der Waals surface area contributed by atoms with Crippen LogP contribution in [-0.2, 0) is 4.74 Å². The number of benzene rings is 2. The summed E-state index contributed by atoms with van der Waals surface area (Å²) in [6, 6.07) is 11.7. The van der Waals surface area contributed by atoms with Crippen LogP contribution in [0.1, 0.15) is 15.9 Å². The molecule has 5 nitrogen and oxygen atoms in total. The van der Waals surface area contributed by atoms with Gasteiger partial charge in [-0.1, -0.05) is 18.2 Å². The Morgan fingerprint density at radius 2 is 1.92 bits per heavy atom. The second kappa shape index (κ2) is 8.74. The Labute approximate surface area is 141 Å². The number of hydrogen-bond donors (Lipinski definition) is 1. The van der Waals surface area contributed by atoms with Gasteiger partial charge in [-0.2, -0.15) is 0 Å². The van der Waals surface area contributed by atoms with Crippen LogP contribution >= 0.6 is 0 Å². The molecule has 0 amide bonds. The van der Waals surface area contributed by atoms with Crippen molar-refractivity contribution in [3.05, 3.63) is 59.7 Å². The van der Waals surface area contributed by atoms with Crippen molar-refractivity contribution in [1.29, 1.82) is 0 Å². The summed E-state index contributed by atoms with van der Waals surface area (Å²) in [6.45, 7) is 0.869. The van der Waals surface area contributed by atoms with Gasteiger partial charge in [-0.25, -0.2) is 0 Å². The summed E-state index contributed by atoms with van der Waals surface area (Å²) in [7, 11) is 3.12. The van der Waals surface area contributed by atoms with Gasteiger partial charge in [-0.15, -0.1) is 0 Å². The van der Waals surface area contributed by atoms with Crippen molar-refractivity contribution >= 4 is 11.9 Å². The Morgan fingerprint density at radius 3 is 2.62 bits per heavy atom. The van der Waals surface area contributed by atoms with Gasteiger partial charge >= 0.3 is 0 Å². The molecule has 2 rings (SSSR count). The zero-order valence-corrected chi connectivity index (χ0v) is 13.7. The molecule has 5 heteroatoms. The molecule has 0 heterocycles. The maximum atomic E-state index is 12.3. The molecule has 2 aromatic carbocycles. The molecule has 0 radical (unpaired) electrons. The molecule has 0 bridgehead atoms. The topological polar surface area (TPSA) is 65.0 Å². The molecule has 0 aliphatic carbocycles. The average molecular weight is 328 g/mol. The van der Waals surface area contributed by atoms with Crippen molar-refractivity contribution in [1.82, 2.24) is 0 Å². The molecule has 0 atom stereocenters. The van der Waals surface area contributed by atoms with Crippen molar-refractivity contribution in [3.8, 4) is 17.2 Å². The highest BCUT2D eigenvalue weighted by Gasteiger charge is 2.09. The summed E-state index contributed by atoms with van der Waals surface area (Å²) in [4.78, 5) is 12.3. The Bertz CT molecular complexity index is 721. The normalized spacial score (nSPS) is 10.8. The van der Waals surface area contributed by atoms with Crippen molar-refractivity contribution in [2.75, 3.05) is 27.4 Å². The van der Waals surface area contributed by atoms with Crippen LogP contribution in [0, 0.1) is 0 Å². The minimum absolute atomic E-state index is 0.156. The fourth-order valence-corrected chi connectivity index (χ4v) is 2.07. The smallest absolute Gasteiger partial charge is 0.185 e. The first-order valence-electron chi connectivity index (χ1n) is 7.45. The standard InChI is InChI=1S/C19H20O5/c1-22-10-11-24-18-9-7-15(13-19(18)23-2)17(21)8-6-14-4-3-5-16(20)12-14/h3-9,12-13,20H,10-11H2,1-2H3/b8-6-. The molecule has 0 aromatic heterocycles. The number of carbonyl (C=O) groups is 1. The SMILES string of the molecule is COCCOc1ccc(C(=O)/C=C\c2cccc(O)c2)cc1OC. The summed E-state index contributed by atoms with van der Waals surface area (Å²) in [5.41, 5.74) is 1.23. The number of ether oxygens (including phenoxy) is 3. The Balaban J connectivity index is 2.11. The number of phenols is 1. The summed E-state index contributed by atoms with van der Waals surface area (Å²) >= 11 is 0. The minimum atomic E-state index is -0.167. The van der Waals surface area contributed by atoms with Crippen LogP contribution in [0.2, 0.25) is 0 Å². The van der Waals surface area contributed by atoms with Gasteiger partial charge in [0, 0.05) is 12.7 Å². The first-order valence-corrected chi connectivity index (χ1v) is 7.45. The molecule has 1 N–H and O–H groups in total. The summed E-state index contributed by atoms with van der Waals surface area (Å²) in [6.07, 6.45) is 3.10. The number of phenolic OH excluding ortho intramolecular Hbond substituents is 1. The lowest BCUT2D eigenvalue weighted by molar-refractivity contribution is 0.104. The van der Waals surface area contributed by atoms with E-state index in [1.807, 2.05) is 0 Å². The third-order valence-electron chi connectivity index (χ3n) is 3.29. The van der Waals surface area contributed by atoms with E-state index >= 15 is 0 Å². The lowest BCUT2D eigenvalue weighted by Crippen LogP contribution is -2.06. The van der Waals surface area contributed by atoms with Gasteiger partial charge in [0.2, 0.25) is 0 Å². The third kappa shape index (κ3) is 4.86. The predicted molar refractivity (Wildman–Crippen MR) is 91.8 cm³/mol. The maximum Gasteiger partial charge on any atom is 0.185 e. The number of hydrogen-bond acceptors (Lipinski definition) is 5. The van der Waals surface area contributed by atoms with Crippen LogP contribution < -0.4 is 9.47 Å². The lowest BCUT2D eigenvalue weighted by Gasteiger charge is -2.11. The fourth-order valence-electron chi connectivity index (χ4n) is 2.07. The van der Waals surface area contributed by atoms with Gasteiger partial charge in [0.15, 0.2) is 17.3 Å². The van der Waals surface area contributed by atoms with Crippen LogP contribution in [0.3, 0.4) is 0 Å². The molecule has 0 fully saturated rings. The maximum absolute atomic E-state index is 12.3. The van der Waals surface area contributed by atoms with E-state index in [-0.39, 0.29) is 11.5 Å². The van der Waals surface area contributed by atoms with E-state index in [0.717, 1.165) is 5.56 Å². The summed E-state index contributed by atoms with van der Waals surface area (Å²) in [5, 5.41) is 9.42. The van der Waals surface area contributed by atoms with Gasteiger partial charge in [0.1, 0.15) is 12.4 Å². The molecule has 0 aliphatic rings. The lowest BCUT2D eigenvalue weighted by atomic mass is 10.1. The van der Waals surface area contributed by atoms with E-state index in [1.54, 1.807) is 55.7 Å². The molecule has 24 heavy (non-hydrogen) atoms. The zero-order valence-electron chi connectivity index (χ0n) is 13.7. The summed E-state index contributed by atoms with van der Waals surface area (Å²) < 4.78 is 15.7. The third-order valence-corrected chi connectivity index (χ3v) is 3.29. The van der Waals surface area contributed by atoms with E-state index < -0.39 is 0 Å². The number of methoxy groups -OCH3 is 2. The highest BCUT2D eigenvalue weighted by Crippen LogP contribution is 2.28. The highest BCUT2D eigenvalue weighted by molar-refractivity contribution is 6.07. The molecule has 0 saturated carbocycles. The van der Waals surface area contributed by atoms with Crippen molar-refractivity contribution in [2.24, 2.45) is 0 Å². The number of rotatable bonds is 8. The predicted octanol–water partition coefficient (Wildman–Crippen LogP) is 3.32. The van der Waals surface area contributed by atoms with Crippen molar-refractivity contribution in [3.63, 3.8) is 0 Å². The molecule has 0 aliphatic heterocycles. The van der Waals surface area contributed by atoms with Crippen LogP contribution in [0.15, 0.2) is 48.5 Å². The van der Waals surface area contributed by atoms with Crippen LogP contribution in [-0.4, -0.2) is 38.3 Å². The quantitative estimate of drug-likeness (QED) is 0.457. The molecule has 0 unspecified atom stereocenters. The first-order chi connectivity index (χ1) is 11.6. The Morgan fingerprint density at radius 1 is 1.08 bits per heavy atom. The second-order valence-electron chi connectivity index (χ2n) is 5.00. The van der Waals surface area contributed by atoms with Crippen LogP contribution in [0.4, 0.5) is 0 Å². The van der Waals surface area contributed by atoms with E-state index in [4.69, 9.17) is 14.2 Å². The number of carbonyl (C=O) groups excluding carboxylic acids is 1. The average Bonchev–Trinajstić information content (AvgIpc) is 2.60. The monoisotopic (exact) mass is 328 g/mol. The number of aromatic hydroxyl groups is 1. The van der Waals surface area contributed by atoms with Gasteiger partial charge in [0.25, 0.3) is 0 Å². The second-order valence-corrected chi connectivity index (χ2v) is 5.00. The molecule has 0 spiro atoms. The molecule has 0 saturated heterocycles. The van der Waals surface area contributed by atoms with Gasteiger partial charge in [-0.05, 0) is 42.0 Å².